The van der Waals surface area contributed by atoms with Gasteiger partial charge in [-0.2, -0.15) is 4.39 Å². The average molecular weight is 278 g/mol. The lowest BCUT2D eigenvalue weighted by atomic mass is 10.1. The number of esters is 1. The predicted octanol–water partition coefficient (Wildman–Crippen LogP) is 2.17. The van der Waals surface area contributed by atoms with Crippen LogP contribution in [0.25, 0.3) is 0 Å². The van der Waals surface area contributed by atoms with Crippen molar-refractivity contribution < 1.29 is 27.6 Å². The number of hydrogen-bond acceptors (Lipinski definition) is 5. The topological polar surface area (TPSA) is 82.3 Å². The van der Waals surface area contributed by atoms with Crippen LogP contribution >= 0.6 is 0 Å². The van der Waals surface area contributed by atoms with Crippen LogP contribution in [0.1, 0.15) is 24.6 Å². The van der Waals surface area contributed by atoms with Gasteiger partial charge in [0, 0.05) is 6.20 Å². The number of rotatable bonds is 5. The number of aromatic nitrogens is 1. The van der Waals surface area contributed by atoms with Crippen molar-refractivity contribution in [3.63, 3.8) is 0 Å². The maximum absolute atomic E-state index is 13.5. The summed E-state index contributed by atoms with van der Waals surface area (Å²) in [6.45, 7) is 1.56. The zero-order valence-corrected chi connectivity index (χ0v) is 9.73. The number of carbonyl (C=O) groups excluding carboxylic acids is 1. The molecule has 0 atom stereocenters. The molecular weight excluding hydrogens is 269 g/mol. The normalized spacial score (nSPS) is 10.6. The third kappa shape index (κ3) is 3.39. The van der Waals surface area contributed by atoms with Gasteiger partial charge in [-0.1, -0.05) is 0 Å². The minimum Gasteiger partial charge on any atom is -0.466 e. The van der Waals surface area contributed by atoms with Crippen LogP contribution in [0.4, 0.5) is 18.9 Å². The Morgan fingerprint density at radius 3 is 2.68 bits per heavy atom. The fourth-order valence-corrected chi connectivity index (χ4v) is 1.37. The lowest BCUT2D eigenvalue weighted by molar-refractivity contribution is -0.388. The standard InChI is InChI=1S/C10H9F3N2O4/c1-2-19-6(16)3-5-4-14-8(10(12)13)7(11)9(5)15(17)18/h4,10H,2-3H2,1H3. The van der Waals surface area contributed by atoms with Crippen LogP contribution in [0.15, 0.2) is 6.20 Å². The summed E-state index contributed by atoms with van der Waals surface area (Å²) in [5, 5.41) is 10.7. The van der Waals surface area contributed by atoms with Gasteiger partial charge in [-0.15, -0.1) is 0 Å². The van der Waals surface area contributed by atoms with Gasteiger partial charge in [0.2, 0.25) is 5.82 Å². The van der Waals surface area contributed by atoms with Crippen LogP contribution < -0.4 is 0 Å². The zero-order valence-electron chi connectivity index (χ0n) is 9.73. The van der Waals surface area contributed by atoms with E-state index in [0.717, 1.165) is 0 Å². The number of pyridine rings is 1. The Morgan fingerprint density at radius 2 is 2.21 bits per heavy atom. The maximum Gasteiger partial charge on any atom is 0.312 e. The number of nitrogens with zero attached hydrogens (tertiary/aromatic N) is 2. The second-order valence-corrected chi connectivity index (χ2v) is 3.37. The van der Waals surface area contributed by atoms with Crippen LogP contribution in [0.5, 0.6) is 0 Å². The van der Waals surface area contributed by atoms with E-state index in [1.165, 1.54) is 6.92 Å². The van der Waals surface area contributed by atoms with Crippen molar-refractivity contribution in [3.05, 3.63) is 33.4 Å². The first-order valence-electron chi connectivity index (χ1n) is 5.13. The molecule has 6 nitrogen and oxygen atoms in total. The molecule has 0 aromatic carbocycles. The summed E-state index contributed by atoms with van der Waals surface area (Å²) in [4.78, 5) is 23.8. The van der Waals surface area contributed by atoms with E-state index in [1.807, 2.05) is 0 Å². The van der Waals surface area contributed by atoms with Gasteiger partial charge in [-0.05, 0) is 6.92 Å². The molecule has 0 radical (unpaired) electrons. The predicted molar refractivity (Wildman–Crippen MR) is 56.1 cm³/mol. The van der Waals surface area contributed by atoms with Crippen molar-refractivity contribution >= 4 is 11.7 Å². The largest absolute Gasteiger partial charge is 0.466 e. The van der Waals surface area contributed by atoms with Crippen molar-refractivity contribution in [2.75, 3.05) is 6.61 Å². The number of nitro groups is 1. The smallest absolute Gasteiger partial charge is 0.312 e. The van der Waals surface area contributed by atoms with Crippen molar-refractivity contribution in [1.82, 2.24) is 4.98 Å². The lowest BCUT2D eigenvalue weighted by Crippen LogP contribution is -2.12. The number of ether oxygens (including phenoxy) is 1. The van der Waals surface area contributed by atoms with Gasteiger partial charge in [0.1, 0.15) is 5.69 Å². The van der Waals surface area contributed by atoms with Crippen LogP contribution in [-0.4, -0.2) is 22.5 Å². The summed E-state index contributed by atoms with van der Waals surface area (Å²) < 4.78 is 42.8. The third-order valence-corrected chi connectivity index (χ3v) is 2.13. The van der Waals surface area contributed by atoms with Crippen LogP contribution in [0.2, 0.25) is 0 Å². The SMILES string of the molecule is CCOC(=O)Cc1cnc(C(F)F)c(F)c1[N+](=O)[O-]. The Hall–Kier alpha value is -2.19. The van der Waals surface area contributed by atoms with Crippen molar-refractivity contribution in [2.24, 2.45) is 0 Å². The molecule has 0 spiro atoms. The summed E-state index contributed by atoms with van der Waals surface area (Å²) in [6, 6.07) is 0. The molecule has 0 aliphatic carbocycles. The summed E-state index contributed by atoms with van der Waals surface area (Å²) in [5.41, 5.74) is -2.91. The summed E-state index contributed by atoms with van der Waals surface area (Å²) in [5.74, 6) is -2.57. The van der Waals surface area contributed by atoms with E-state index in [2.05, 4.69) is 9.72 Å². The van der Waals surface area contributed by atoms with Gasteiger partial charge in [0.15, 0.2) is 0 Å². The second kappa shape index (κ2) is 6.12. The molecule has 0 fully saturated rings. The van der Waals surface area contributed by atoms with E-state index in [1.54, 1.807) is 0 Å². The molecule has 104 valence electrons. The summed E-state index contributed by atoms with van der Waals surface area (Å²) >= 11 is 0. The van der Waals surface area contributed by atoms with E-state index in [0.29, 0.717) is 6.20 Å². The molecule has 0 N–H and O–H groups in total. The first-order chi connectivity index (χ1) is 8.88. The molecule has 1 aromatic heterocycles. The quantitative estimate of drug-likeness (QED) is 0.468. The van der Waals surface area contributed by atoms with Gasteiger partial charge in [-0.25, -0.2) is 8.78 Å². The molecule has 9 heteroatoms. The van der Waals surface area contributed by atoms with E-state index in [-0.39, 0.29) is 6.61 Å². The van der Waals surface area contributed by atoms with Gasteiger partial charge in [-0.3, -0.25) is 19.9 Å². The first-order valence-corrected chi connectivity index (χ1v) is 5.13. The third-order valence-electron chi connectivity index (χ3n) is 2.13. The van der Waals surface area contributed by atoms with Crippen LogP contribution in [0.3, 0.4) is 0 Å². The Bertz CT molecular complexity index is 508. The minimum absolute atomic E-state index is 0.0393. The molecule has 1 rings (SSSR count). The van der Waals surface area contributed by atoms with E-state index in [4.69, 9.17) is 0 Å². The maximum atomic E-state index is 13.5. The van der Waals surface area contributed by atoms with Crippen LogP contribution in [-0.2, 0) is 16.0 Å². The average Bonchev–Trinajstić information content (AvgIpc) is 2.28. The van der Waals surface area contributed by atoms with Crippen molar-refractivity contribution in [2.45, 2.75) is 19.8 Å². The molecular formula is C10H9F3N2O4. The zero-order chi connectivity index (χ0) is 14.6. The highest BCUT2D eigenvalue weighted by Crippen LogP contribution is 2.29. The molecule has 0 bridgehead atoms. The fourth-order valence-electron chi connectivity index (χ4n) is 1.37. The number of alkyl halides is 2. The van der Waals surface area contributed by atoms with Gasteiger partial charge in [0.05, 0.1) is 23.5 Å². The fraction of sp³-hybridized carbons (Fsp3) is 0.400. The number of hydrogen-bond donors (Lipinski definition) is 0. The lowest BCUT2D eigenvalue weighted by Gasteiger charge is -2.06. The molecule has 0 unspecified atom stereocenters. The Labute approximate surface area is 105 Å². The molecule has 1 aromatic rings. The van der Waals surface area contributed by atoms with Gasteiger partial charge < -0.3 is 4.74 Å². The highest BCUT2D eigenvalue weighted by molar-refractivity contribution is 5.74. The van der Waals surface area contributed by atoms with Crippen molar-refractivity contribution in [1.29, 1.82) is 0 Å². The second-order valence-electron chi connectivity index (χ2n) is 3.37. The van der Waals surface area contributed by atoms with Crippen molar-refractivity contribution in [3.8, 4) is 0 Å². The van der Waals surface area contributed by atoms with E-state index >= 15 is 0 Å². The molecule has 19 heavy (non-hydrogen) atoms. The van der Waals surface area contributed by atoms with Crippen LogP contribution in [0, 0.1) is 15.9 Å². The van der Waals surface area contributed by atoms with Gasteiger partial charge in [0.25, 0.3) is 6.43 Å². The first kappa shape index (κ1) is 14.9. The number of carbonyl (C=O) groups is 1. The van der Waals surface area contributed by atoms with Gasteiger partial charge >= 0.3 is 11.7 Å². The molecule has 1 heterocycles. The highest BCUT2D eigenvalue weighted by atomic mass is 19.3. The molecule has 0 aliphatic rings. The Balaban J connectivity index is 3.22. The molecule has 0 saturated heterocycles. The van der Waals surface area contributed by atoms with E-state index in [9.17, 15) is 28.1 Å². The Morgan fingerprint density at radius 1 is 1.58 bits per heavy atom. The molecule has 0 saturated carbocycles. The highest BCUT2D eigenvalue weighted by Gasteiger charge is 2.29. The summed E-state index contributed by atoms with van der Waals surface area (Å²) in [7, 11) is 0. The minimum atomic E-state index is -3.28. The molecule has 0 aliphatic heterocycles. The monoisotopic (exact) mass is 278 g/mol. The summed E-state index contributed by atoms with van der Waals surface area (Å²) in [6.07, 6.45) is -3.22. The number of halogens is 3. The molecule has 0 amide bonds. The Kier molecular flexibility index (Phi) is 4.79. The van der Waals surface area contributed by atoms with E-state index < -0.39 is 46.5 Å².